The molecule has 0 fully saturated rings. The Morgan fingerprint density at radius 1 is 1.40 bits per heavy atom. The highest BCUT2D eigenvalue weighted by atomic mass is 32.2. The molecule has 0 rings (SSSR count). The number of rotatable bonds is 6. The van der Waals surface area contributed by atoms with Crippen molar-refractivity contribution in [2.24, 2.45) is 11.7 Å². The molecule has 0 aromatic heterocycles. The summed E-state index contributed by atoms with van der Waals surface area (Å²) in [4.78, 5) is 10.9. The summed E-state index contributed by atoms with van der Waals surface area (Å²) in [5.41, 5.74) is 5.15. The standard InChI is InChI=1S/C8H18N2O4S/c1-6(2)4-5-10-15(12,13)14-8(11)7(3)9/h6-7,10H,4-5,9H2,1-3H3/t7-/m0/s1. The monoisotopic (exact) mass is 238 g/mol. The summed E-state index contributed by atoms with van der Waals surface area (Å²) in [5, 5.41) is 0. The molecule has 0 spiro atoms. The van der Waals surface area contributed by atoms with Crippen molar-refractivity contribution in [3.63, 3.8) is 0 Å². The van der Waals surface area contributed by atoms with E-state index in [0.717, 1.165) is 0 Å². The normalized spacial score (nSPS) is 13.9. The average Bonchev–Trinajstić information content (AvgIpc) is 2.01. The quantitative estimate of drug-likeness (QED) is 0.665. The van der Waals surface area contributed by atoms with Crippen LogP contribution in [-0.4, -0.2) is 27.0 Å². The summed E-state index contributed by atoms with van der Waals surface area (Å²) in [6, 6.07) is -0.952. The van der Waals surface area contributed by atoms with E-state index in [1.54, 1.807) is 0 Å². The van der Waals surface area contributed by atoms with E-state index in [-0.39, 0.29) is 6.54 Å². The van der Waals surface area contributed by atoms with E-state index in [2.05, 4.69) is 8.91 Å². The van der Waals surface area contributed by atoms with Gasteiger partial charge in [-0.25, -0.2) is 4.79 Å². The first kappa shape index (κ1) is 14.3. The van der Waals surface area contributed by atoms with Gasteiger partial charge < -0.3 is 9.92 Å². The maximum Gasteiger partial charge on any atom is 0.385 e. The Balaban J connectivity index is 4.04. The van der Waals surface area contributed by atoms with Gasteiger partial charge in [-0.2, -0.15) is 13.1 Å². The second kappa shape index (κ2) is 6.04. The number of nitrogens with one attached hydrogen (secondary N) is 1. The molecule has 90 valence electrons. The maximum absolute atomic E-state index is 11.1. The van der Waals surface area contributed by atoms with Crippen molar-refractivity contribution >= 4 is 16.3 Å². The second-order valence-corrected chi connectivity index (χ2v) is 5.09. The molecule has 0 heterocycles. The zero-order valence-electron chi connectivity index (χ0n) is 9.19. The van der Waals surface area contributed by atoms with E-state index < -0.39 is 22.3 Å². The minimum atomic E-state index is -4.00. The van der Waals surface area contributed by atoms with Crippen LogP contribution in [0.25, 0.3) is 0 Å². The van der Waals surface area contributed by atoms with Gasteiger partial charge in [-0.05, 0) is 19.3 Å². The average molecular weight is 238 g/mol. The Morgan fingerprint density at radius 2 is 1.93 bits per heavy atom. The van der Waals surface area contributed by atoms with Crippen molar-refractivity contribution in [3.05, 3.63) is 0 Å². The highest BCUT2D eigenvalue weighted by Gasteiger charge is 2.19. The lowest BCUT2D eigenvalue weighted by atomic mass is 10.1. The Kier molecular flexibility index (Phi) is 5.77. The third-order valence-electron chi connectivity index (χ3n) is 1.56. The summed E-state index contributed by atoms with van der Waals surface area (Å²) < 4.78 is 28.6. The highest BCUT2D eigenvalue weighted by Crippen LogP contribution is 1.98. The van der Waals surface area contributed by atoms with Crippen molar-refractivity contribution < 1.29 is 17.4 Å². The van der Waals surface area contributed by atoms with Crippen LogP contribution in [0.2, 0.25) is 0 Å². The molecule has 0 aliphatic carbocycles. The Morgan fingerprint density at radius 3 is 2.33 bits per heavy atom. The van der Waals surface area contributed by atoms with Crippen LogP contribution in [-0.2, 0) is 19.3 Å². The molecule has 0 aliphatic heterocycles. The molecule has 7 heteroatoms. The number of carbonyl (C=O) groups is 1. The van der Waals surface area contributed by atoms with E-state index >= 15 is 0 Å². The first-order valence-corrected chi connectivity index (χ1v) is 6.14. The largest absolute Gasteiger partial charge is 0.385 e. The molecule has 0 radical (unpaired) electrons. The Labute approximate surface area is 90.4 Å². The Bertz CT molecular complexity index is 298. The third-order valence-corrected chi connectivity index (χ3v) is 2.51. The summed E-state index contributed by atoms with van der Waals surface area (Å²) in [6.07, 6.45) is 0.676. The molecule has 0 unspecified atom stereocenters. The van der Waals surface area contributed by atoms with E-state index in [1.807, 2.05) is 13.8 Å². The van der Waals surface area contributed by atoms with Gasteiger partial charge in [-0.3, -0.25) is 0 Å². The summed E-state index contributed by atoms with van der Waals surface area (Å²) >= 11 is 0. The minimum absolute atomic E-state index is 0.242. The predicted octanol–water partition coefficient (Wildman–Crippen LogP) is -0.243. The lowest BCUT2D eigenvalue weighted by molar-refractivity contribution is -0.134. The fourth-order valence-electron chi connectivity index (χ4n) is 0.686. The number of hydrogen-bond donors (Lipinski definition) is 2. The van der Waals surface area contributed by atoms with Crippen molar-refractivity contribution in [2.75, 3.05) is 6.54 Å². The molecule has 3 N–H and O–H groups in total. The van der Waals surface area contributed by atoms with Crippen molar-refractivity contribution in [1.29, 1.82) is 0 Å². The molecule has 0 bridgehead atoms. The molecule has 0 saturated heterocycles. The number of hydrogen-bond acceptors (Lipinski definition) is 5. The first-order chi connectivity index (χ1) is 6.74. The van der Waals surface area contributed by atoms with Gasteiger partial charge in [0.1, 0.15) is 6.04 Å². The van der Waals surface area contributed by atoms with Gasteiger partial charge in [0.25, 0.3) is 0 Å². The number of nitrogens with two attached hydrogens (primary N) is 1. The van der Waals surface area contributed by atoms with Gasteiger partial charge in [-0.1, -0.05) is 13.8 Å². The van der Waals surface area contributed by atoms with Gasteiger partial charge in [0.05, 0.1) is 0 Å². The zero-order valence-corrected chi connectivity index (χ0v) is 10.0. The van der Waals surface area contributed by atoms with Crippen LogP contribution in [0.3, 0.4) is 0 Å². The lowest BCUT2D eigenvalue weighted by Gasteiger charge is -2.09. The fourth-order valence-corrected chi connectivity index (χ4v) is 1.48. The minimum Gasteiger partial charge on any atom is -0.332 e. The van der Waals surface area contributed by atoms with Crippen LogP contribution in [0.5, 0.6) is 0 Å². The second-order valence-electron chi connectivity index (χ2n) is 3.72. The van der Waals surface area contributed by atoms with Gasteiger partial charge in [0.2, 0.25) is 0 Å². The molecule has 0 saturated carbocycles. The Hall–Kier alpha value is -0.660. The van der Waals surface area contributed by atoms with E-state index in [9.17, 15) is 13.2 Å². The predicted molar refractivity (Wildman–Crippen MR) is 56.1 cm³/mol. The van der Waals surface area contributed by atoms with Crippen LogP contribution in [0, 0.1) is 5.92 Å². The molecule has 0 amide bonds. The molecular formula is C8H18N2O4S. The first-order valence-electron chi connectivity index (χ1n) is 4.73. The van der Waals surface area contributed by atoms with Crippen LogP contribution in [0.15, 0.2) is 0 Å². The molecular weight excluding hydrogens is 220 g/mol. The van der Waals surface area contributed by atoms with Crippen LogP contribution in [0.4, 0.5) is 0 Å². The van der Waals surface area contributed by atoms with E-state index in [4.69, 9.17) is 5.73 Å². The van der Waals surface area contributed by atoms with Crippen molar-refractivity contribution in [3.8, 4) is 0 Å². The maximum atomic E-state index is 11.1. The molecule has 6 nitrogen and oxygen atoms in total. The summed E-state index contributed by atoms with van der Waals surface area (Å²) in [7, 11) is -4.00. The SMILES string of the molecule is CC(C)CCNS(=O)(=O)OC(=O)[C@H](C)N. The van der Waals surface area contributed by atoms with Crippen LogP contribution >= 0.6 is 0 Å². The van der Waals surface area contributed by atoms with Gasteiger partial charge in [-0.15, -0.1) is 0 Å². The van der Waals surface area contributed by atoms with Crippen molar-refractivity contribution in [1.82, 2.24) is 4.72 Å². The smallest absolute Gasteiger partial charge is 0.332 e. The van der Waals surface area contributed by atoms with Gasteiger partial charge in [0, 0.05) is 6.54 Å². The topological polar surface area (TPSA) is 98.5 Å². The summed E-state index contributed by atoms with van der Waals surface area (Å²) in [6.45, 7) is 5.52. The van der Waals surface area contributed by atoms with Crippen LogP contribution in [0.1, 0.15) is 27.2 Å². The van der Waals surface area contributed by atoms with Crippen LogP contribution < -0.4 is 10.5 Å². The third kappa shape index (κ3) is 7.29. The summed E-state index contributed by atoms with van der Waals surface area (Å²) in [5.74, 6) is -0.594. The highest BCUT2D eigenvalue weighted by molar-refractivity contribution is 7.85. The van der Waals surface area contributed by atoms with Gasteiger partial charge in [0.15, 0.2) is 0 Å². The fraction of sp³-hybridized carbons (Fsp3) is 0.875. The number of carbonyl (C=O) groups excluding carboxylic acids is 1. The van der Waals surface area contributed by atoms with Crippen molar-refractivity contribution in [2.45, 2.75) is 33.2 Å². The molecule has 0 aliphatic rings. The van der Waals surface area contributed by atoms with E-state index in [1.165, 1.54) is 6.92 Å². The van der Waals surface area contributed by atoms with Gasteiger partial charge >= 0.3 is 16.3 Å². The zero-order chi connectivity index (χ0) is 12.1. The molecule has 15 heavy (non-hydrogen) atoms. The molecule has 0 aromatic rings. The molecule has 0 aromatic carbocycles. The lowest BCUT2D eigenvalue weighted by Crippen LogP contribution is -2.36. The molecule has 1 atom stereocenters. The van der Waals surface area contributed by atoms with E-state index in [0.29, 0.717) is 12.3 Å².